The summed E-state index contributed by atoms with van der Waals surface area (Å²) in [5, 5.41) is 0. The highest BCUT2D eigenvalue weighted by atomic mass is 19.1. The number of hydrogen-bond acceptors (Lipinski definition) is 6. The van der Waals surface area contributed by atoms with Crippen molar-refractivity contribution >= 4 is 11.6 Å². The lowest BCUT2D eigenvalue weighted by Gasteiger charge is -2.19. The molecule has 0 spiro atoms. The van der Waals surface area contributed by atoms with Crippen molar-refractivity contribution in [3.8, 4) is 22.6 Å². The lowest BCUT2D eigenvalue weighted by molar-refractivity contribution is 0.0359. The SMILES string of the molecule is CCc1nccn2c(-c3ccnc(NOC(C)(C)C)n3)c(-c3ccc(F)cc3F)nc12. The molecule has 160 valence electrons. The quantitative estimate of drug-likeness (QED) is 0.462. The number of nitrogens with zero attached hydrogens (tertiary/aromatic N) is 5. The Bertz CT molecular complexity index is 1250. The summed E-state index contributed by atoms with van der Waals surface area (Å²) in [5.41, 5.74) is 5.17. The molecular formula is C22H22F2N6O. The van der Waals surface area contributed by atoms with Crippen molar-refractivity contribution in [1.82, 2.24) is 24.3 Å². The zero-order valence-corrected chi connectivity index (χ0v) is 17.6. The van der Waals surface area contributed by atoms with Gasteiger partial charge in [0.25, 0.3) is 0 Å². The van der Waals surface area contributed by atoms with Crippen molar-refractivity contribution < 1.29 is 13.6 Å². The van der Waals surface area contributed by atoms with Gasteiger partial charge >= 0.3 is 0 Å². The normalized spacial score (nSPS) is 11.8. The molecular weight excluding hydrogens is 402 g/mol. The zero-order valence-electron chi connectivity index (χ0n) is 17.6. The van der Waals surface area contributed by atoms with Gasteiger partial charge in [0, 0.05) is 30.2 Å². The fraction of sp³-hybridized carbons (Fsp3) is 0.273. The van der Waals surface area contributed by atoms with Gasteiger partial charge in [-0.25, -0.2) is 29.2 Å². The number of imidazole rings is 1. The largest absolute Gasteiger partial charge is 0.295 e. The first-order chi connectivity index (χ1) is 14.8. The van der Waals surface area contributed by atoms with E-state index in [0.29, 0.717) is 29.1 Å². The van der Waals surface area contributed by atoms with E-state index in [2.05, 4.69) is 25.4 Å². The molecule has 4 rings (SSSR count). The van der Waals surface area contributed by atoms with Crippen molar-refractivity contribution in [1.29, 1.82) is 0 Å². The van der Waals surface area contributed by atoms with E-state index >= 15 is 0 Å². The van der Waals surface area contributed by atoms with E-state index < -0.39 is 17.2 Å². The van der Waals surface area contributed by atoms with Gasteiger partial charge in [0.15, 0.2) is 5.65 Å². The standard InChI is InChI=1S/C22H22F2N6O/c1-5-16-20-28-18(14-7-6-13(23)12-15(14)24)19(30(20)11-10-25-16)17-8-9-26-21(27-17)29-31-22(2,3)4/h6-12H,5H2,1-4H3,(H,26,27,29). The molecule has 9 heteroatoms. The summed E-state index contributed by atoms with van der Waals surface area (Å²) in [4.78, 5) is 23.3. The van der Waals surface area contributed by atoms with Crippen LogP contribution in [-0.2, 0) is 11.3 Å². The topological polar surface area (TPSA) is 77.2 Å². The van der Waals surface area contributed by atoms with Gasteiger partial charge in [0.05, 0.1) is 22.7 Å². The smallest absolute Gasteiger partial charge is 0.247 e. The van der Waals surface area contributed by atoms with Gasteiger partial charge in [0.1, 0.15) is 17.3 Å². The fourth-order valence-corrected chi connectivity index (χ4v) is 3.13. The second-order valence-corrected chi connectivity index (χ2v) is 7.94. The van der Waals surface area contributed by atoms with Crippen molar-refractivity contribution in [3.05, 3.63) is 60.2 Å². The first-order valence-corrected chi connectivity index (χ1v) is 9.85. The summed E-state index contributed by atoms with van der Waals surface area (Å²) in [5.74, 6) is -1.12. The third-order valence-electron chi connectivity index (χ3n) is 4.48. The maximum Gasteiger partial charge on any atom is 0.247 e. The summed E-state index contributed by atoms with van der Waals surface area (Å²) in [6.45, 7) is 7.64. The molecule has 7 nitrogen and oxygen atoms in total. The Morgan fingerprint density at radius 2 is 1.87 bits per heavy atom. The molecule has 3 heterocycles. The van der Waals surface area contributed by atoms with Crippen LogP contribution in [0.15, 0.2) is 42.9 Å². The van der Waals surface area contributed by atoms with Crippen molar-refractivity contribution in [2.24, 2.45) is 0 Å². The van der Waals surface area contributed by atoms with Gasteiger partial charge in [-0.2, -0.15) is 0 Å². The molecule has 0 fully saturated rings. The molecule has 1 aromatic carbocycles. The third-order valence-corrected chi connectivity index (χ3v) is 4.48. The second kappa shape index (κ2) is 7.99. The summed E-state index contributed by atoms with van der Waals surface area (Å²) in [7, 11) is 0. The number of fused-ring (bicyclic) bond motifs is 1. The van der Waals surface area contributed by atoms with Crippen LogP contribution in [0.4, 0.5) is 14.7 Å². The van der Waals surface area contributed by atoms with Gasteiger partial charge in [0.2, 0.25) is 5.95 Å². The molecule has 3 aromatic heterocycles. The minimum absolute atomic E-state index is 0.168. The Hall–Kier alpha value is -3.46. The van der Waals surface area contributed by atoms with Crippen LogP contribution in [0.25, 0.3) is 28.3 Å². The predicted molar refractivity (Wildman–Crippen MR) is 113 cm³/mol. The number of hydrogen-bond donors (Lipinski definition) is 1. The Labute approximate surface area is 178 Å². The van der Waals surface area contributed by atoms with Gasteiger partial charge in [-0.05, 0) is 45.4 Å². The summed E-state index contributed by atoms with van der Waals surface area (Å²) in [6, 6.07) is 5.11. The number of halogens is 2. The summed E-state index contributed by atoms with van der Waals surface area (Å²) < 4.78 is 30.0. The Kier molecular flexibility index (Phi) is 5.36. The molecule has 0 unspecified atom stereocenters. The highest BCUT2D eigenvalue weighted by Crippen LogP contribution is 2.34. The molecule has 4 aromatic rings. The molecule has 0 aliphatic carbocycles. The Morgan fingerprint density at radius 3 is 2.58 bits per heavy atom. The second-order valence-electron chi connectivity index (χ2n) is 7.94. The minimum Gasteiger partial charge on any atom is -0.295 e. The van der Waals surface area contributed by atoms with E-state index in [-0.39, 0.29) is 11.5 Å². The highest BCUT2D eigenvalue weighted by Gasteiger charge is 2.22. The van der Waals surface area contributed by atoms with Crippen LogP contribution in [0, 0.1) is 11.6 Å². The molecule has 31 heavy (non-hydrogen) atoms. The van der Waals surface area contributed by atoms with E-state index in [9.17, 15) is 8.78 Å². The van der Waals surface area contributed by atoms with E-state index in [1.165, 1.54) is 12.1 Å². The molecule has 0 saturated carbocycles. The maximum atomic E-state index is 14.7. The van der Waals surface area contributed by atoms with Crippen LogP contribution in [0.5, 0.6) is 0 Å². The Balaban J connectivity index is 1.93. The fourth-order valence-electron chi connectivity index (χ4n) is 3.13. The number of nitrogens with one attached hydrogen (secondary N) is 1. The van der Waals surface area contributed by atoms with Crippen LogP contribution < -0.4 is 5.48 Å². The van der Waals surface area contributed by atoms with Crippen LogP contribution in [0.2, 0.25) is 0 Å². The van der Waals surface area contributed by atoms with Gasteiger partial charge < -0.3 is 0 Å². The number of benzene rings is 1. The van der Waals surface area contributed by atoms with Gasteiger partial charge in [-0.3, -0.25) is 14.2 Å². The van der Waals surface area contributed by atoms with E-state index in [4.69, 9.17) is 4.84 Å². The van der Waals surface area contributed by atoms with E-state index in [0.717, 1.165) is 11.8 Å². The van der Waals surface area contributed by atoms with Crippen LogP contribution >= 0.6 is 0 Å². The molecule has 0 bridgehead atoms. The maximum absolute atomic E-state index is 14.7. The average molecular weight is 424 g/mol. The average Bonchev–Trinajstić information content (AvgIpc) is 3.11. The Morgan fingerprint density at radius 1 is 1.06 bits per heavy atom. The lowest BCUT2D eigenvalue weighted by atomic mass is 10.1. The number of aryl methyl sites for hydroxylation is 1. The molecule has 0 amide bonds. The van der Waals surface area contributed by atoms with Crippen LogP contribution in [0.3, 0.4) is 0 Å². The van der Waals surface area contributed by atoms with Crippen LogP contribution in [0.1, 0.15) is 33.4 Å². The van der Waals surface area contributed by atoms with Crippen molar-refractivity contribution in [2.75, 3.05) is 5.48 Å². The first kappa shape index (κ1) is 20.8. The molecule has 0 saturated heterocycles. The summed E-state index contributed by atoms with van der Waals surface area (Å²) >= 11 is 0. The van der Waals surface area contributed by atoms with Crippen molar-refractivity contribution in [3.63, 3.8) is 0 Å². The van der Waals surface area contributed by atoms with Crippen LogP contribution in [-0.4, -0.2) is 29.9 Å². The monoisotopic (exact) mass is 424 g/mol. The number of anilines is 1. The van der Waals surface area contributed by atoms with E-state index in [1.54, 1.807) is 29.1 Å². The zero-order chi connectivity index (χ0) is 22.2. The molecule has 1 N–H and O–H groups in total. The lowest BCUT2D eigenvalue weighted by Crippen LogP contribution is -2.23. The third kappa shape index (κ3) is 4.22. The van der Waals surface area contributed by atoms with Crippen molar-refractivity contribution in [2.45, 2.75) is 39.7 Å². The molecule has 0 aliphatic rings. The number of aromatic nitrogens is 5. The minimum atomic E-state index is -0.709. The number of rotatable bonds is 5. The van der Waals surface area contributed by atoms with Gasteiger partial charge in [-0.1, -0.05) is 6.92 Å². The molecule has 0 radical (unpaired) electrons. The molecule has 0 atom stereocenters. The predicted octanol–water partition coefficient (Wildman–Crippen LogP) is 4.84. The first-order valence-electron chi connectivity index (χ1n) is 9.85. The van der Waals surface area contributed by atoms with E-state index in [1.807, 2.05) is 27.7 Å². The summed E-state index contributed by atoms with van der Waals surface area (Å²) in [6.07, 6.45) is 5.61. The highest BCUT2D eigenvalue weighted by molar-refractivity contribution is 5.81. The van der Waals surface area contributed by atoms with Gasteiger partial charge in [-0.15, -0.1) is 0 Å². The molecule has 0 aliphatic heterocycles.